The molecule has 210 valence electrons. The summed E-state index contributed by atoms with van der Waals surface area (Å²) in [5.74, 6) is 0.559. The van der Waals surface area contributed by atoms with Crippen LogP contribution in [0.1, 0.15) is 22.7 Å². The zero-order chi connectivity index (χ0) is 28.8. The zero-order valence-corrected chi connectivity index (χ0v) is 22.6. The predicted octanol–water partition coefficient (Wildman–Crippen LogP) is 5.52. The number of anilines is 1. The summed E-state index contributed by atoms with van der Waals surface area (Å²) >= 11 is 0. The van der Waals surface area contributed by atoms with Crippen molar-refractivity contribution in [1.82, 2.24) is 4.90 Å². The van der Waals surface area contributed by atoms with Crippen molar-refractivity contribution in [3.8, 4) is 23.0 Å². The van der Waals surface area contributed by atoms with Crippen LogP contribution in [0.25, 0.3) is 0 Å². The molecule has 1 heterocycles. The number of nitrogens with one attached hydrogen (secondary N) is 1. The van der Waals surface area contributed by atoms with Gasteiger partial charge in [-0.25, -0.2) is 4.39 Å². The van der Waals surface area contributed by atoms with E-state index in [-0.39, 0.29) is 31.2 Å². The lowest BCUT2D eigenvalue weighted by Crippen LogP contribution is -2.41. The minimum Gasteiger partial charge on any atom is -0.493 e. The quantitative estimate of drug-likeness (QED) is 0.277. The van der Waals surface area contributed by atoms with Gasteiger partial charge in [0.1, 0.15) is 11.9 Å². The van der Waals surface area contributed by atoms with Crippen LogP contribution in [-0.4, -0.2) is 37.7 Å². The van der Waals surface area contributed by atoms with Gasteiger partial charge in [0.2, 0.25) is 12.7 Å². The van der Waals surface area contributed by atoms with E-state index < -0.39 is 17.8 Å². The lowest BCUT2D eigenvalue weighted by atomic mass is 10.0. The highest BCUT2D eigenvalue weighted by Gasteiger charge is 2.33. The topological polar surface area (TPSA) is 86.3 Å². The predicted molar refractivity (Wildman–Crippen MR) is 151 cm³/mol. The molecule has 0 unspecified atom stereocenters. The molecule has 1 atom stereocenters. The fraction of sp³-hybridized carbons (Fsp3) is 0.188. The number of amides is 2. The molecule has 0 fully saturated rings. The van der Waals surface area contributed by atoms with E-state index in [0.717, 1.165) is 5.56 Å². The molecule has 1 aliphatic rings. The fourth-order valence-corrected chi connectivity index (χ4v) is 4.69. The van der Waals surface area contributed by atoms with Gasteiger partial charge in [-0.3, -0.25) is 9.59 Å². The monoisotopic (exact) mass is 556 g/mol. The van der Waals surface area contributed by atoms with Gasteiger partial charge in [-0.05, 0) is 41.5 Å². The number of carbonyl (C=O) groups excluding carboxylic acids is 2. The Balaban J connectivity index is 1.58. The Labute approximate surface area is 237 Å². The number of hydrogen-bond acceptors (Lipinski definition) is 6. The molecule has 0 bridgehead atoms. The number of methoxy groups -OCH3 is 2. The van der Waals surface area contributed by atoms with Gasteiger partial charge in [-0.15, -0.1) is 0 Å². The van der Waals surface area contributed by atoms with Gasteiger partial charge < -0.3 is 29.2 Å². The third kappa shape index (κ3) is 6.24. The molecule has 5 rings (SSSR count). The summed E-state index contributed by atoms with van der Waals surface area (Å²) in [5.41, 5.74) is 1.94. The Morgan fingerprint density at radius 2 is 1.61 bits per heavy atom. The van der Waals surface area contributed by atoms with E-state index in [9.17, 15) is 14.0 Å². The number of ether oxygens (including phenoxy) is 4. The first-order valence-corrected chi connectivity index (χ1v) is 13.0. The minimum atomic E-state index is -1.16. The van der Waals surface area contributed by atoms with Gasteiger partial charge in [-0.2, -0.15) is 0 Å². The minimum absolute atomic E-state index is 0.0103. The second-order valence-electron chi connectivity index (χ2n) is 9.35. The molecule has 41 heavy (non-hydrogen) atoms. The second kappa shape index (κ2) is 12.4. The number of fused-ring (bicyclic) bond motifs is 1. The molecule has 0 aliphatic carbocycles. The molecule has 4 aromatic carbocycles. The molecule has 4 aromatic rings. The maximum absolute atomic E-state index is 14.9. The summed E-state index contributed by atoms with van der Waals surface area (Å²) in [6.07, 6.45) is 0.0103. The van der Waals surface area contributed by atoms with Crippen LogP contribution in [0, 0.1) is 5.82 Å². The summed E-state index contributed by atoms with van der Waals surface area (Å²) in [6.45, 7) is -0.0582. The summed E-state index contributed by atoms with van der Waals surface area (Å²) in [4.78, 5) is 29.4. The van der Waals surface area contributed by atoms with Gasteiger partial charge in [-0.1, -0.05) is 54.6 Å². The maximum atomic E-state index is 14.9. The highest BCUT2D eigenvalue weighted by Crippen LogP contribution is 2.36. The van der Waals surface area contributed by atoms with Crippen LogP contribution in [0.3, 0.4) is 0 Å². The average molecular weight is 557 g/mol. The van der Waals surface area contributed by atoms with Crippen molar-refractivity contribution in [3.63, 3.8) is 0 Å². The fourth-order valence-electron chi connectivity index (χ4n) is 4.69. The van der Waals surface area contributed by atoms with Crippen LogP contribution in [0.2, 0.25) is 0 Å². The van der Waals surface area contributed by atoms with Crippen LogP contribution < -0.4 is 24.3 Å². The number of carbonyl (C=O) groups is 2. The average Bonchev–Trinajstić information content (AvgIpc) is 3.46. The Bertz CT molecular complexity index is 1540. The van der Waals surface area contributed by atoms with E-state index in [1.165, 1.54) is 25.2 Å². The summed E-state index contributed by atoms with van der Waals surface area (Å²) in [5, 5.41) is 2.90. The highest BCUT2D eigenvalue weighted by molar-refractivity contribution is 5.98. The second-order valence-corrected chi connectivity index (χ2v) is 9.35. The Morgan fingerprint density at radius 3 is 2.37 bits per heavy atom. The van der Waals surface area contributed by atoms with Crippen LogP contribution in [0.5, 0.6) is 23.0 Å². The van der Waals surface area contributed by atoms with Crippen molar-refractivity contribution in [2.75, 3.05) is 26.3 Å². The van der Waals surface area contributed by atoms with E-state index >= 15 is 0 Å². The normalized spacial score (nSPS) is 12.4. The van der Waals surface area contributed by atoms with Gasteiger partial charge >= 0.3 is 0 Å². The van der Waals surface area contributed by atoms with Crippen molar-refractivity contribution >= 4 is 17.5 Å². The summed E-state index contributed by atoms with van der Waals surface area (Å²) in [7, 11) is 3.00. The number of halogens is 1. The van der Waals surface area contributed by atoms with E-state index in [0.29, 0.717) is 34.2 Å². The molecule has 0 spiro atoms. The first kappa shape index (κ1) is 27.5. The van der Waals surface area contributed by atoms with E-state index in [4.69, 9.17) is 18.9 Å². The molecule has 8 nitrogen and oxygen atoms in total. The molecular formula is C32H29FN2O6. The molecule has 0 saturated carbocycles. The van der Waals surface area contributed by atoms with Crippen molar-refractivity contribution in [1.29, 1.82) is 0 Å². The van der Waals surface area contributed by atoms with Crippen molar-refractivity contribution in [2.45, 2.75) is 19.0 Å². The smallest absolute Gasteiger partial charge is 0.251 e. The van der Waals surface area contributed by atoms with Crippen molar-refractivity contribution in [3.05, 3.63) is 114 Å². The van der Waals surface area contributed by atoms with E-state index in [1.54, 1.807) is 54.6 Å². The Morgan fingerprint density at radius 1 is 0.878 bits per heavy atom. The van der Waals surface area contributed by atoms with Gasteiger partial charge in [0.15, 0.2) is 23.0 Å². The molecule has 1 aliphatic heterocycles. The van der Waals surface area contributed by atoms with Gasteiger partial charge in [0.25, 0.3) is 5.91 Å². The zero-order valence-electron chi connectivity index (χ0n) is 22.6. The van der Waals surface area contributed by atoms with Crippen molar-refractivity contribution < 1.29 is 32.9 Å². The largest absolute Gasteiger partial charge is 0.493 e. The number of hydrogen-bond donors (Lipinski definition) is 1. The molecular weight excluding hydrogens is 527 g/mol. The van der Waals surface area contributed by atoms with Gasteiger partial charge in [0.05, 0.1) is 20.6 Å². The molecule has 1 N–H and O–H groups in total. The molecule has 0 saturated heterocycles. The van der Waals surface area contributed by atoms with Crippen LogP contribution in [0.4, 0.5) is 10.1 Å². The van der Waals surface area contributed by atoms with Crippen molar-refractivity contribution in [2.24, 2.45) is 0 Å². The van der Waals surface area contributed by atoms with E-state index in [2.05, 4.69) is 5.32 Å². The Hall–Kier alpha value is -5.05. The number of nitrogens with zero attached hydrogens (tertiary/aromatic N) is 1. The summed E-state index contributed by atoms with van der Waals surface area (Å²) < 4.78 is 36.6. The summed E-state index contributed by atoms with van der Waals surface area (Å²) in [6, 6.07) is 24.3. The molecule has 2 amide bonds. The molecule has 0 radical (unpaired) electrons. The van der Waals surface area contributed by atoms with Crippen LogP contribution in [-0.2, 0) is 22.6 Å². The third-order valence-corrected chi connectivity index (χ3v) is 6.74. The first-order chi connectivity index (χ1) is 20.0. The standard InChI is InChI=1S/C32H29FN2O6/c1-38-26-14-12-22(17-28(26)39-2)31(32(37)34-24-13-15-27-29(18-24)41-20-40-27)35(19-23-10-6-7-11-25(23)33)30(36)16-21-8-4-3-5-9-21/h3-15,17-18,31H,16,19-20H2,1-2H3,(H,34,37)/t31-/m0/s1. The number of rotatable bonds is 10. The molecule has 9 heteroatoms. The lowest BCUT2D eigenvalue weighted by Gasteiger charge is -2.32. The Kier molecular flexibility index (Phi) is 8.34. The number of benzene rings is 4. The van der Waals surface area contributed by atoms with Crippen LogP contribution >= 0.6 is 0 Å². The molecule has 0 aromatic heterocycles. The highest BCUT2D eigenvalue weighted by atomic mass is 19.1. The SMILES string of the molecule is COc1ccc([C@@H](C(=O)Nc2ccc3c(c2)OCO3)N(Cc2ccccc2F)C(=O)Cc2ccccc2)cc1OC. The van der Waals surface area contributed by atoms with Gasteiger partial charge in [0, 0.05) is 23.9 Å². The third-order valence-electron chi connectivity index (χ3n) is 6.74. The van der Waals surface area contributed by atoms with E-state index in [1.807, 2.05) is 30.3 Å². The maximum Gasteiger partial charge on any atom is 0.251 e. The lowest BCUT2D eigenvalue weighted by molar-refractivity contribution is -0.139. The van der Waals surface area contributed by atoms with Crippen LogP contribution in [0.15, 0.2) is 91.0 Å². The first-order valence-electron chi connectivity index (χ1n) is 13.0.